The molecule has 2 aromatic rings. The smallest absolute Gasteiger partial charge is 0.376 e. The second-order valence-corrected chi connectivity index (χ2v) is 9.77. The molecule has 0 bridgehead atoms. The molecule has 0 atom stereocenters. The highest BCUT2D eigenvalue weighted by Crippen LogP contribution is 2.25. The standard InChI is InChI=1S/C29H38F3N3O2S/c1-4-6-8-9-10-11-19-35(28(37)29(30,31)32)24-16-14-22(15-17-24)26(36)34-25-20-23(13-12-21(25)3)27(38)33-18-7-5-2/h12-17,20H,4-11,18-19H2,1-3H3,(H,33,38)(H,34,36). The lowest BCUT2D eigenvalue weighted by Gasteiger charge is -2.24. The minimum absolute atomic E-state index is 0.0335. The van der Waals surface area contributed by atoms with Crippen molar-refractivity contribution in [3.63, 3.8) is 0 Å². The van der Waals surface area contributed by atoms with E-state index < -0.39 is 18.0 Å². The molecule has 0 saturated heterocycles. The predicted molar refractivity (Wildman–Crippen MR) is 152 cm³/mol. The van der Waals surface area contributed by atoms with Crippen LogP contribution in [-0.2, 0) is 4.79 Å². The van der Waals surface area contributed by atoms with Gasteiger partial charge in [0.15, 0.2) is 0 Å². The predicted octanol–water partition coefficient (Wildman–Crippen LogP) is 7.57. The van der Waals surface area contributed by atoms with Crippen molar-refractivity contribution in [3.05, 3.63) is 59.2 Å². The lowest BCUT2D eigenvalue weighted by atomic mass is 10.1. The number of benzene rings is 2. The molecule has 0 heterocycles. The summed E-state index contributed by atoms with van der Waals surface area (Å²) < 4.78 is 39.8. The summed E-state index contributed by atoms with van der Waals surface area (Å²) in [5.41, 5.74) is 2.59. The molecule has 0 aliphatic rings. The number of anilines is 2. The molecule has 0 saturated carbocycles. The molecule has 208 valence electrons. The van der Waals surface area contributed by atoms with E-state index in [1.807, 2.05) is 19.1 Å². The van der Waals surface area contributed by atoms with Crippen LogP contribution in [0.4, 0.5) is 24.5 Å². The summed E-state index contributed by atoms with van der Waals surface area (Å²) in [5, 5.41) is 6.06. The third-order valence-corrected chi connectivity index (χ3v) is 6.61. The lowest BCUT2D eigenvalue weighted by Crippen LogP contribution is -2.41. The molecule has 9 heteroatoms. The normalized spacial score (nSPS) is 11.2. The van der Waals surface area contributed by atoms with Gasteiger partial charge in [-0.3, -0.25) is 9.59 Å². The fourth-order valence-corrected chi connectivity index (χ4v) is 4.15. The molecule has 2 N–H and O–H groups in total. The maximum atomic E-state index is 13.3. The van der Waals surface area contributed by atoms with Gasteiger partial charge in [0.1, 0.15) is 4.99 Å². The van der Waals surface area contributed by atoms with Gasteiger partial charge in [0.2, 0.25) is 0 Å². The van der Waals surface area contributed by atoms with Crippen molar-refractivity contribution in [3.8, 4) is 0 Å². The van der Waals surface area contributed by atoms with Crippen LogP contribution in [0.25, 0.3) is 0 Å². The van der Waals surface area contributed by atoms with Crippen LogP contribution in [0.5, 0.6) is 0 Å². The first-order valence-electron chi connectivity index (χ1n) is 13.3. The summed E-state index contributed by atoms with van der Waals surface area (Å²) in [7, 11) is 0. The Balaban J connectivity index is 2.11. The molecule has 0 unspecified atom stereocenters. The summed E-state index contributed by atoms with van der Waals surface area (Å²) in [6.07, 6.45) is 2.39. The van der Waals surface area contributed by atoms with Crippen molar-refractivity contribution in [2.24, 2.45) is 0 Å². The van der Waals surface area contributed by atoms with Gasteiger partial charge in [-0.25, -0.2) is 0 Å². The van der Waals surface area contributed by atoms with E-state index >= 15 is 0 Å². The van der Waals surface area contributed by atoms with Gasteiger partial charge >= 0.3 is 12.1 Å². The Morgan fingerprint density at radius 3 is 2.11 bits per heavy atom. The van der Waals surface area contributed by atoms with Crippen LogP contribution in [-0.4, -0.2) is 36.1 Å². The van der Waals surface area contributed by atoms with E-state index in [0.717, 1.165) is 67.5 Å². The number of nitrogens with zero attached hydrogens (tertiary/aromatic N) is 1. The maximum absolute atomic E-state index is 13.3. The summed E-state index contributed by atoms with van der Waals surface area (Å²) in [6.45, 7) is 6.78. The number of aryl methyl sites for hydroxylation is 1. The van der Waals surface area contributed by atoms with Gasteiger partial charge < -0.3 is 15.5 Å². The summed E-state index contributed by atoms with van der Waals surface area (Å²) in [5.74, 6) is -2.31. The van der Waals surface area contributed by atoms with Gasteiger partial charge in [0.25, 0.3) is 5.91 Å². The highest BCUT2D eigenvalue weighted by atomic mass is 32.1. The zero-order valence-corrected chi connectivity index (χ0v) is 23.2. The number of carbonyl (C=O) groups excluding carboxylic acids is 2. The van der Waals surface area contributed by atoms with E-state index in [4.69, 9.17) is 12.2 Å². The molecular formula is C29H38F3N3O2S. The first kappa shape index (κ1) is 31.3. The fourth-order valence-electron chi connectivity index (χ4n) is 3.92. The average molecular weight is 550 g/mol. The Bertz CT molecular complexity index is 1070. The second-order valence-electron chi connectivity index (χ2n) is 9.36. The molecule has 5 nitrogen and oxygen atoms in total. The lowest BCUT2D eigenvalue weighted by molar-refractivity contribution is -0.170. The second kappa shape index (κ2) is 15.5. The molecule has 38 heavy (non-hydrogen) atoms. The average Bonchev–Trinajstić information content (AvgIpc) is 2.89. The third kappa shape index (κ3) is 9.74. The van der Waals surface area contributed by atoms with Crippen molar-refractivity contribution < 1.29 is 22.8 Å². The largest absolute Gasteiger partial charge is 0.471 e. The first-order valence-corrected chi connectivity index (χ1v) is 13.7. The number of thiocarbonyl (C=S) groups is 1. The number of alkyl halides is 3. The highest BCUT2D eigenvalue weighted by molar-refractivity contribution is 7.80. The van der Waals surface area contributed by atoms with Gasteiger partial charge in [-0.05, 0) is 55.7 Å². The van der Waals surface area contributed by atoms with Gasteiger partial charge in [-0.15, -0.1) is 0 Å². The van der Waals surface area contributed by atoms with Crippen LogP contribution in [0.2, 0.25) is 0 Å². The van der Waals surface area contributed by atoms with Gasteiger partial charge in [0, 0.05) is 35.6 Å². The minimum Gasteiger partial charge on any atom is -0.376 e. The van der Waals surface area contributed by atoms with Crippen LogP contribution in [0.3, 0.4) is 0 Å². The SMILES string of the molecule is CCCCCCCCN(C(=O)C(F)(F)F)c1ccc(C(=O)Nc2cc(C(=S)NCCCC)ccc2C)cc1. The van der Waals surface area contributed by atoms with Gasteiger partial charge in [-0.1, -0.05) is 76.7 Å². The quantitative estimate of drug-likeness (QED) is 0.188. The van der Waals surface area contributed by atoms with Crippen LogP contribution < -0.4 is 15.5 Å². The minimum atomic E-state index is -4.98. The number of nitrogens with one attached hydrogen (secondary N) is 2. The Morgan fingerprint density at radius 2 is 1.47 bits per heavy atom. The van der Waals surface area contributed by atoms with E-state index in [9.17, 15) is 22.8 Å². The van der Waals surface area contributed by atoms with Gasteiger partial charge in [-0.2, -0.15) is 13.2 Å². The third-order valence-electron chi connectivity index (χ3n) is 6.23. The van der Waals surface area contributed by atoms with Crippen LogP contribution in [0, 0.1) is 6.92 Å². The van der Waals surface area contributed by atoms with Crippen molar-refractivity contribution in [1.82, 2.24) is 5.32 Å². The monoisotopic (exact) mass is 549 g/mol. The molecular weight excluding hydrogens is 511 g/mol. The highest BCUT2D eigenvalue weighted by Gasteiger charge is 2.42. The van der Waals surface area contributed by atoms with E-state index in [0.29, 0.717) is 17.1 Å². The van der Waals surface area contributed by atoms with Crippen molar-refractivity contribution >= 4 is 40.4 Å². The number of amides is 2. The molecule has 0 spiro atoms. The van der Waals surface area contributed by atoms with Gasteiger partial charge in [0.05, 0.1) is 0 Å². The Labute approximate surface area is 229 Å². The molecule has 2 amide bonds. The summed E-state index contributed by atoms with van der Waals surface area (Å²) in [6, 6.07) is 11.2. The molecule has 0 aliphatic carbocycles. The number of halogens is 3. The zero-order chi connectivity index (χ0) is 28.1. The van der Waals surface area contributed by atoms with Crippen molar-refractivity contribution in [2.45, 2.75) is 78.3 Å². The van der Waals surface area contributed by atoms with E-state index in [1.165, 1.54) is 24.3 Å². The Morgan fingerprint density at radius 1 is 0.868 bits per heavy atom. The van der Waals surface area contributed by atoms with E-state index in [-0.39, 0.29) is 17.8 Å². The maximum Gasteiger partial charge on any atom is 0.471 e. The fraction of sp³-hybridized carbons (Fsp3) is 0.483. The summed E-state index contributed by atoms with van der Waals surface area (Å²) in [4.78, 5) is 26.4. The van der Waals surface area contributed by atoms with Crippen molar-refractivity contribution in [1.29, 1.82) is 0 Å². The zero-order valence-electron chi connectivity index (χ0n) is 22.4. The molecule has 0 radical (unpaired) electrons. The van der Waals surface area contributed by atoms with E-state index in [2.05, 4.69) is 24.5 Å². The number of rotatable bonds is 14. The molecule has 2 rings (SSSR count). The number of carbonyl (C=O) groups is 2. The molecule has 2 aromatic carbocycles. The Hall–Kier alpha value is -2.94. The number of hydrogen-bond donors (Lipinski definition) is 2. The Kier molecular flexibility index (Phi) is 12.7. The first-order chi connectivity index (χ1) is 18.1. The molecule has 0 aliphatic heterocycles. The number of hydrogen-bond acceptors (Lipinski definition) is 3. The van der Waals surface area contributed by atoms with Crippen molar-refractivity contribution in [2.75, 3.05) is 23.3 Å². The topological polar surface area (TPSA) is 61.4 Å². The molecule has 0 fully saturated rings. The number of unbranched alkanes of at least 4 members (excludes halogenated alkanes) is 6. The summed E-state index contributed by atoms with van der Waals surface area (Å²) >= 11 is 5.45. The van der Waals surface area contributed by atoms with Crippen LogP contribution in [0.1, 0.15) is 86.7 Å². The van der Waals surface area contributed by atoms with Crippen LogP contribution >= 0.6 is 12.2 Å². The van der Waals surface area contributed by atoms with E-state index in [1.54, 1.807) is 6.07 Å². The molecule has 0 aromatic heterocycles. The van der Waals surface area contributed by atoms with Crippen LogP contribution in [0.15, 0.2) is 42.5 Å².